The van der Waals surface area contributed by atoms with E-state index in [0.29, 0.717) is 17.9 Å². The molecule has 0 saturated carbocycles. The second kappa shape index (κ2) is 9.14. The number of allylic oxidation sites excluding steroid dienone is 1. The van der Waals surface area contributed by atoms with E-state index in [4.69, 9.17) is 14.2 Å². The van der Waals surface area contributed by atoms with E-state index in [2.05, 4.69) is 10.6 Å². The van der Waals surface area contributed by atoms with Crippen LogP contribution >= 0.6 is 0 Å². The standard InChI is InChI=1S/C28H28N2O4/c1-32-19-10-8-17(9-11-19)18-14-24-27(25(31)15-18)28(30-23-7-5-4-6-22(23)29-24)21-16-20(33-2)12-13-26(21)34-3/h4-13,16,18,28-30H,14-15H2,1-3H3/t18-,28-/m1/s1. The van der Waals surface area contributed by atoms with Crippen LogP contribution in [0.1, 0.15) is 35.9 Å². The Labute approximate surface area is 199 Å². The second-order valence-corrected chi connectivity index (χ2v) is 8.55. The Kier molecular flexibility index (Phi) is 5.88. The minimum Gasteiger partial charge on any atom is -0.497 e. The zero-order valence-electron chi connectivity index (χ0n) is 19.6. The fourth-order valence-electron chi connectivity index (χ4n) is 4.90. The van der Waals surface area contributed by atoms with E-state index >= 15 is 0 Å². The maximum absolute atomic E-state index is 13.7. The van der Waals surface area contributed by atoms with Crippen molar-refractivity contribution in [2.24, 2.45) is 0 Å². The number of rotatable bonds is 5. The molecule has 2 aliphatic rings. The summed E-state index contributed by atoms with van der Waals surface area (Å²) in [5.74, 6) is 2.42. The van der Waals surface area contributed by atoms with Crippen LogP contribution < -0.4 is 24.8 Å². The summed E-state index contributed by atoms with van der Waals surface area (Å²) in [4.78, 5) is 13.7. The van der Waals surface area contributed by atoms with Crippen molar-refractivity contribution in [1.82, 2.24) is 0 Å². The van der Waals surface area contributed by atoms with Crippen LogP contribution in [0.4, 0.5) is 11.4 Å². The first-order valence-electron chi connectivity index (χ1n) is 11.4. The number of hydrogen-bond donors (Lipinski definition) is 2. The largest absolute Gasteiger partial charge is 0.497 e. The van der Waals surface area contributed by atoms with Gasteiger partial charge in [0.15, 0.2) is 5.78 Å². The highest BCUT2D eigenvalue weighted by Crippen LogP contribution is 2.46. The Bertz CT molecular complexity index is 1250. The summed E-state index contributed by atoms with van der Waals surface area (Å²) < 4.78 is 16.5. The normalized spacial score (nSPS) is 19.2. The maximum atomic E-state index is 13.7. The number of carbonyl (C=O) groups is 1. The van der Waals surface area contributed by atoms with Crippen molar-refractivity contribution in [2.45, 2.75) is 24.8 Å². The summed E-state index contributed by atoms with van der Waals surface area (Å²) >= 11 is 0. The van der Waals surface area contributed by atoms with Crippen LogP contribution in [0.15, 0.2) is 78.0 Å². The Morgan fingerprint density at radius 1 is 0.794 bits per heavy atom. The second-order valence-electron chi connectivity index (χ2n) is 8.55. The highest BCUT2D eigenvalue weighted by Gasteiger charge is 2.37. The van der Waals surface area contributed by atoms with Gasteiger partial charge in [0.2, 0.25) is 0 Å². The van der Waals surface area contributed by atoms with Crippen molar-refractivity contribution >= 4 is 17.2 Å². The summed E-state index contributed by atoms with van der Waals surface area (Å²) in [5, 5.41) is 7.19. The Morgan fingerprint density at radius 2 is 1.50 bits per heavy atom. The fraction of sp³-hybridized carbons (Fsp3) is 0.250. The highest BCUT2D eigenvalue weighted by molar-refractivity contribution is 6.01. The predicted molar refractivity (Wildman–Crippen MR) is 133 cm³/mol. The molecule has 6 nitrogen and oxygen atoms in total. The first-order valence-corrected chi connectivity index (χ1v) is 11.4. The van der Waals surface area contributed by atoms with E-state index in [-0.39, 0.29) is 17.7 Å². The molecule has 2 atom stereocenters. The number of para-hydroxylation sites is 2. The molecule has 5 rings (SSSR count). The van der Waals surface area contributed by atoms with E-state index in [9.17, 15) is 4.79 Å². The lowest BCUT2D eigenvalue weighted by atomic mass is 9.78. The third kappa shape index (κ3) is 3.96. The molecule has 0 saturated heterocycles. The molecule has 0 unspecified atom stereocenters. The number of Topliss-reactive ketones (excluding diaryl/α,β-unsaturated/α-hetero) is 1. The number of carbonyl (C=O) groups excluding carboxylic acids is 1. The highest BCUT2D eigenvalue weighted by atomic mass is 16.5. The molecule has 0 bridgehead atoms. The van der Waals surface area contributed by atoms with Gasteiger partial charge in [0.1, 0.15) is 17.2 Å². The van der Waals surface area contributed by atoms with Gasteiger partial charge in [-0.05, 0) is 60.4 Å². The van der Waals surface area contributed by atoms with E-state index in [1.165, 1.54) is 0 Å². The van der Waals surface area contributed by atoms with Gasteiger partial charge < -0.3 is 24.8 Å². The zero-order valence-corrected chi connectivity index (χ0v) is 19.6. The van der Waals surface area contributed by atoms with Gasteiger partial charge in [0, 0.05) is 23.3 Å². The SMILES string of the molecule is COc1ccc([C@H]2CC(=O)C3=C(C2)Nc2ccccc2N[C@@H]3c2cc(OC)ccc2OC)cc1. The summed E-state index contributed by atoms with van der Waals surface area (Å²) in [6.07, 6.45) is 1.17. The minimum absolute atomic E-state index is 0.0859. The molecule has 0 fully saturated rings. The summed E-state index contributed by atoms with van der Waals surface area (Å²) in [6.45, 7) is 0. The molecule has 174 valence electrons. The van der Waals surface area contributed by atoms with Crippen LogP contribution in [0.3, 0.4) is 0 Å². The van der Waals surface area contributed by atoms with Crippen molar-refractivity contribution in [3.63, 3.8) is 0 Å². The van der Waals surface area contributed by atoms with Gasteiger partial charge in [-0.2, -0.15) is 0 Å². The molecule has 2 N–H and O–H groups in total. The molecular formula is C28H28N2O4. The van der Waals surface area contributed by atoms with Crippen LogP contribution in [0.2, 0.25) is 0 Å². The van der Waals surface area contributed by atoms with Gasteiger partial charge in [-0.25, -0.2) is 0 Å². The topological polar surface area (TPSA) is 68.8 Å². The molecule has 6 heteroatoms. The Balaban J connectivity index is 1.62. The number of fused-ring (bicyclic) bond motifs is 1. The van der Waals surface area contributed by atoms with Crippen molar-refractivity contribution in [3.8, 4) is 17.2 Å². The van der Waals surface area contributed by atoms with E-state index < -0.39 is 0 Å². The number of nitrogens with one attached hydrogen (secondary N) is 2. The van der Waals surface area contributed by atoms with Gasteiger partial charge >= 0.3 is 0 Å². The molecule has 0 spiro atoms. The summed E-state index contributed by atoms with van der Waals surface area (Å²) in [5.41, 5.74) is 5.55. The number of benzene rings is 3. The summed E-state index contributed by atoms with van der Waals surface area (Å²) in [6, 6.07) is 21.3. The average Bonchev–Trinajstić information content (AvgIpc) is 3.05. The van der Waals surface area contributed by atoms with Gasteiger partial charge in [-0.1, -0.05) is 24.3 Å². The number of ether oxygens (including phenoxy) is 3. The fourth-order valence-corrected chi connectivity index (χ4v) is 4.90. The third-order valence-electron chi connectivity index (χ3n) is 6.64. The van der Waals surface area contributed by atoms with Gasteiger partial charge in [-0.15, -0.1) is 0 Å². The molecule has 0 radical (unpaired) electrons. The zero-order chi connectivity index (χ0) is 23.7. The van der Waals surface area contributed by atoms with E-state index in [0.717, 1.165) is 45.9 Å². The van der Waals surface area contributed by atoms with Gasteiger partial charge in [0.25, 0.3) is 0 Å². The lowest BCUT2D eigenvalue weighted by molar-refractivity contribution is -0.116. The van der Waals surface area contributed by atoms with Gasteiger partial charge in [-0.3, -0.25) is 4.79 Å². The molecule has 3 aromatic rings. The van der Waals surface area contributed by atoms with Crippen molar-refractivity contribution in [2.75, 3.05) is 32.0 Å². The molecule has 1 heterocycles. The first kappa shape index (κ1) is 21.9. The minimum atomic E-state index is -0.375. The van der Waals surface area contributed by atoms with Crippen LogP contribution in [-0.2, 0) is 4.79 Å². The average molecular weight is 457 g/mol. The number of ketones is 1. The molecule has 1 aliphatic heterocycles. The molecule has 0 aromatic heterocycles. The molecule has 3 aromatic carbocycles. The third-order valence-corrected chi connectivity index (χ3v) is 6.64. The maximum Gasteiger partial charge on any atom is 0.163 e. The first-order chi connectivity index (χ1) is 16.6. The summed E-state index contributed by atoms with van der Waals surface area (Å²) in [7, 11) is 4.94. The van der Waals surface area contributed by atoms with Crippen LogP contribution in [0, 0.1) is 0 Å². The van der Waals surface area contributed by atoms with Crippen molar-refractivity contribution < 1.29 is 19.0 Å². The number of methoxy groups -OCH3 is 3. The van der Waals surface area contributed by atoms with Crippen LogP contribution in [0.5, 0.6) is 17.2 Å². The Morgan fingerprint density at radius 3 is 2.21 bits per heavy atom. The van der Waals surface area contributed by atoms with E-state index in [1.54, 1.807) is 21.3 Å². The number of anilines is 2. The van der Waals surface area contributed by atoms with Crippen molar-refractivity contribution in [1.29, 1.82) is 0 Å². The number of hydrogen-bond acceptors (Lipinski definition) is 6. The molecular weight excluding hydrogens is 428 g/mol. The quantitative estimate of drug-likeness (QED) is 0.514. The predicted octanol–water partition coefficient (Wildman–Crippen LogP) is 5.69. The lowest BCUT2D eigenvalue weighted by Gasteiger charge is -2.30. The Hall–Kier alpha value is -3.93. The monoisotopic (exact) mass is 456 g/mol. The van der Waals surface area contributed by atoms with Gasteiger partial charge in [0.05, 0.1) is 38.7 Å². The van der Waals surface area contributed by atoms with E-state index in [1.807, 2.05) is 66.7 Å². The van der Waals surface area contributed by atoms with Crippen molar-refractivity contribution in [3.05, 3.63) is 89.1 Å². The smallest absolute Gasteiger partial charge is 0.163 e. The lowest BCUT2D eigenvalue weighted by Crippen LogP contribution is -2.27. The molecule has 1 aliphatic carbocycles. The van der Waals surface area contributed by atoms with Crippen LogP contribution in [0.25, 0.3) is 0 Å². The van der Waals surface area contributed by atoms with Crippen LogP contribution in [-0.4, -0.2) is 27.1 Å². The molecule has 34 heavy (non-hydrogen) atoms. The molecule has 0 amide bonds.